The van der Waals surface area contributed by atoms with Gasteiger partial charge in [0.2, 0.25) is 0 Å². The first kappa shape index (κ1) is 17.8. The zero-order valence-electron chi connectivity index (χ0n) is 14.8. The second-order valence-corrected chi connectivity index (χ2v) is 7.19. The molecule has 0 bridgehead atoms. The highest BCUT2D eigenvalue weighted by atomic mass is 16.3. The number of urea groups is 1. The molecule has 0 spiro atoms. The van der Waals surface area contributed by atoms with Gasteiger partial charge in [-0.25, -0.2) is 4.79 Å². The number of likely N-dealkylation sites (tertiary alicyclic amines) is 1. The maximum absolute atomic E-state index is 12.7. The molecule has 0 aliphatic carbocycles. The quantitative estimate of drug-likeness (QED) is 0.875. The number of piperidine rings is 1. The molecule has 1 fully saturated rings. The molecule has 23 heavy (non-hydrogen) atoms. The molecule has 1 atom stereocenters. The highest BCUT2D eigenvalue weighted by Crippen LogP contribution is 2.32. The van der Waals surface area contributed by atoms with Crippen LogP contribution in [-0.2, 0) is 0 Å². The first-order valence-corrected chi connectivity index (χ1v) is 8.73. The number of aliphatic hydroxyl groups is 1. The normalized spacial score (nSPS) is 18.6. The van der Waals surface area contributed by atoms with Gasteiger partial charge in [0, 0.05) is 25.4 Å². The van der Waals surface area contributed by atoms with Gasteiger partial charge in [0.15, 0.2) is 0 Å². The Morgan fingerprint density at radius 2 is 1.87 bits per heavy atom. The third-order valence-electron chi connectivity index (χ3n) is 4.67. The highest BCUT2D eigenvalue weighted by Gasteiger charge is 2.24. The van der Waals surface area contributed by atoms with E-state index in [9.17, 15) is 9.90 Å². The van der Waals surface area contributed by atoms with E-state index in [-0.39, 0.29) is 18.6 Å². The molecule has 0 saturated carbocycles. The molecule has 1 saturated heterocycles. The van der Waals surface area contributed by atoms with Crippen molar-refractivity contribution in [2.24, 2.45) is 5.92 Å². The maximum Gasteiger partial charge on any atom is 0.321 e. The lowest BCUT2D eigenvalue weighted by atomic mass is 9.92. The van der Waals surface area contributed by atoms with Gasteiger partial charge < -0.3 is 15.3 Å². The van der Waals surface area contributed by atoms with Crippen molar-refractivity contribution in [1.82, 2.24) is 4.90 Å². The summed E-state index contributed by atoms with van der Waals surface area (Å²) in [5, 5.41) is 12.5. The van der Waals surface area contributed by atoms with Crippen molar-refractivity contribution >= 4 is 11.7 Å². The molecule has 0 aromatic heterocycles. The van der Waals surface area contributed by atoms with Crippen LogP contribution in [0.25, 0.3) is 0 Å². The van der Waals surface area contributed by atoms with E-state index in [0.29, 0.717) is 18.4 Å². The van der Waals surface area contributed by atoms with E-state index in [4.69, 9.17) is 0 Å². The van der Waals surface area contributed by atoms with E-state index in [1.807, 2.05) is 4.90 Å². The fourth-order valence-electron chi connectivity index (χ4n) is 3.28. The Morgan fingerprint density at radius 3 is 2.39 bits per heavy atom. The summed E-state index contributed by atoms with van der Waals surface area (Å²) in [6, 6.07) is 6.22. The van der Waals surface area contributed by atoms with Crippen LogP contribution in [0.2, 0.25) is 0 Å². The van der Waals surface area contributed by atoms with Gasteiger partial charge in [-0.05, 0) is 41.7 Å². The van der Waals surface area contributed by atoms with Crippen LogP contribution in [0.1, 0.15) is 63.5 Å². The first-order valence-electron chi connectivity index (χ1n) is 8.73. The van der Waals surface area contributed by atoms with E-state index in [1.54, 1.807) is 0 Å². The van der Waals surface area contributed by atoms with Crippen molar-refractivity contribution in [1.29, 1.82) is 0 Å². The lowest BCUT2D eigenvalue weighted by Crippen LogP contribution is -2.43. The van der Waals surface area contributed by atoms with Gasteiger partial charge in [-0.15, -0.1) is 0 Å². The van der Waals surface area contributed by atoms with Crippen LogP contribution in [0.5, 0.6) is 0 Å². The summed E-state index contributed by atoms with van der Waals surface area (Å²) in [6.45, 7) is 10.2. The van der Waals surface area contributed by atoms with Crippen LogP contribution in [0.4, 0.5) is 10.5 Å². The van der Waals surface area contributed by atoms with Crippen molar-refractivity contribution in [3.63, 3.8) is 0 Å². The molecule has 128 valence electrons. The van der Waals surface area contributed by atoms with E-state index < -0.39 is 0 Å². The van der Waals surface area contributed by atoms with E-state index in [1.165, 1.54) is 11.1 Å². The molecule has 1 aromatic carbocycles. The number of anilines is 1. The van der Waals surface area contributed by atoms with Gasteiger partial charge in [-0.2, -0.15) is 0 Å². The van der Waals surface area contributed by atoms with Crippen molar-refractivity contribution < 1.29 is 9.90 Å². The van der Waals surface area contributed by atoms with Gasteiger partial charge in [-0.3, -0.25) is 0 Å². The van der Waals surface area contributed by atoms with Crippen LogP contribution >= 0.6 is 0 Å². The van der Waals surface area contributed by atoms with Gasteiger partial charge in [0.25, 0.3) is 0 Å². The van der Waals surface area contributed by atoms with Crippen molar-refractivity contribution in [3.05, 3.63) is 29.3 Å². The molecular weight excluding hydrogens is 288 g/mol. The zero-order chi connectivity index (χ0) is 17.0. The SMILES string of the molecule is CC(C)c1cccc(C(C)C)c1NC(=O)N1CCCC(CO)C1. The average molecular weight is 318 g/mol. The van der Waals surface area contributed by atoms with Crippen LogP contribution in [0.15, 0.2) is 18.2 Å². The summed E-state index contributed by atoms with van der Waals surface area (Å²) < 4.78 is 0. The number of aliphatic hydroxyl groups excluding tert-OH is 1. The molecule has 2 amide bonds. The summed E-state index contributed by atoms with van der Waals surface area (Å²) in [7, 11) is 0. The molecule has 4 nitrogen and oxygen atoms in total. The van der Waals surface area contributed by atoms with Gasteiger partial charge in [0.05, 0.1) is 0 Å². The Labute approximate surface area is 139 Å². The number of rotatable bonds is 4. The van der Waals surface area contributed by atoms with Gasteiger partial charge in [-0.1, -0.05) is 45.9 Å². The molecule has 1 aliphatic heterocycles. The maximum atomic E-state index is 12.7. The minimum atomic E-state index is -0.0434. The number of nitrogens with zero attached hydrogens (tertiary/aromatic N) is 1. The number of hydrogen-bond acceptors (Lipinski definition) is 2. The van der Waals surface area contributed by atoms with E-state index in [0.717, 1.165) is 25.1 Å². The number of hydrogen-bond donors (Lipinski definition) is 2. The number of para-hydroxylation sites is 1. The topological polar surface area (TPSA) is 52.6 Å². The second-order valence-electron chi connectivity index (χ2n) is 7.19. The van der Waals surface area contributed by atoms with Crippen LogP contribution in [-0.4, -0.2) is 35.7 Å². The third-order valence-corrected chi connectivity index (χ3v) is 4.67. The number of carbonyl (C=O) groups is 1. The predicted octanol–water partition coefficient (Wildman–Crippen LogP) is 4.17. The smallest absolute Gasteiger partial charge is 0.321 e. The summed E-state index contributed by atoms with van der Waals surface area (Å²) >= 11 is 0. The summed E-state index contributed by atoms with van der Waals surface area (Å²) in [5.74, 6) is 0.922. The van der Waals surface area contributed by atoms with E-state index in [2.05, 4.69) is 51.2 Å². The minimum absolute atomic E-state index is 0.0434. The van der Waals surface area contributed by atoms with Gasteiger partial charge >= 0.3 is 6.03 Å². The second kappa shape index (κ2) is 7.82. The van der Waals surface area contributed by atoms with Crippen molar-refractivity contribution in [2.75, 3.05) is 25.0 Å². The lowest BCUT2D eigenvalue weighted by Gasteiger charge is -2.32. The summed E-state index contributed by atoms with van der Waals surface area (Å²) in [4.78, 5) is 14.6. The molecule has 2 rings (SSSR count). The van der Waals surface area contributed by atoms with Gasteiger partial charge in [0.1, 0.15) is 0 Å². The zero-order valence-corrected chi connectivity index (χ0v) is 14.8. The Bertz CT molecular complexity index is 514. The Kier molecular flexibility index (Phi) is 6.05. The molecule has 1 aliphatic rings. The van der Waals surface area contributed by atoms with Crippen LogP contribution in [0.3, 0.4) is 0 Å². The Morgan fingerprint density at radius 1 is 1.26 bits per heavy atom. The predicted molar refractivity (Wildman–Crippen MR) is 95.0 cm³/mol. The molecule has 0 radical (unpaired) electrons. The molecule has 4 heteroatoms. The molecule has 1 unspecified atom stereocenters. The molecule has 2 N–H and O–H groups in total. The lowest BCUT2D eigenvalue weighted by molar-refractivity contribution is 0.136. The Balaban J connectivity index is 2.22. The number of amides is 2. The number of nitrogens with one attached hydrogen (secondary N) is 1. The van der Waals surface area contributed by atoms with Crippen molar-refractivity contribution in [2.45, 2.75) is 52.4 Å². The molecular formula is C19H30N2O2. The fourth-order valence-corrected chi connectivity index (χ4v) is 3.28. The van der Waals surface area contributed by atoms with Crippen LogP contribution in [0, 0.1) is 5.92 Å². The standard InChI is InChI=1S/C19H30N2O2/c1-13(2)16-8-5-9-17(14(3)4)18(16)20-19(23)21-10-6-7-15(11-21)12-22/h5,8-9,13-15,22H,6-7,10-12H2,1-4H3,(H,20,23). The minimum Gasteiger partial charge on any atom is -0.396 e. The third kappa shape index (κ3) is 4.25. The largest absolute Gasteiger partial charge is 0.396 e. The number of benzene rings is 1. The number of carbonyl (C=O) groups excluding carboxylic acids is 1. The van der Waals surface area contributed by atoms with E-state index >= 15 is 0 Å². The highest BCUT2D eigenvalue weighted by molar-refractivity contribution is 5.91. The molecule has 1 aromatic rings. The Hall–Kier alpha value is -1.55. The first-order chi connectivity index (χ1) is 10.9. The fraction of sp³-hybridized carbons (Fsp3) is 0.632. The average Bonchev–Trinajstić information content (AvgIpc) is 2.54. The molecule has 1 heterocycles. The monoisotopic (exact) mass is 318 g/mol. The van der Waals surface area contributed by atoms with Crippen molar-refractivity contribution in [3.8, 4) is 0 Å². The summed E-state index contributed by atoms with van der Waals surface area (Å²) in [5.41, 5.74) is 3.33. The summed E-state index contributed by atoms with van der Waals surface area (Å²) in [6.07, 6.45) is 1.96. The van der Waals surface area contributed by atoms with Crippen LogP contribution < -0.4 is 5.32 Å².